The quantitative estimate of drug-likeness (QED) is 0.775. The van der Waals surface area contributed by atoms with Gasteiger partial charge in [-0.2, -0.15) is 0 Å². The van der Waals surface area contributed by atoms with Gasteiger partial charge in [0.25, 0.3) is 0 Å². The van der Waals surface area contributed by atoms with Crippen LogP contribution in [0.3, 0.4) is 0 Å². The molecule has 2 aromatic carbocycles. The molecule has 0 aliphatic carbocycles. The van der Waals surface area contributed by atoms with Gasteiger partial charge in [0, 0.05) is 17.1 Å². The van der Waals surface area contributed by atoms with Crippen molar-refractivity contribution < 1.29 is 9.47 Å². The smallest absolute Gasteiger partial charge is 0.138 e. The predicted octanol–water partition coefficient (Wildman–Crippen LogP) is 4.17. The topological polar surface area (TPSA) is 30.5 Å². The van der Waals surface area contributed by atoms with Gasteiger partial charge < -0.3 is 14.8 Å². The summed E-state index contributed by atoms with van der Waals surface area (Å²) in [5, 5.41) is 4.20. The molecule has 0 aromatic heterocycles. The number of halogens is 2. The fourth-order valence-electron chi connectivity index (χ4n) is 1.88. The van der Waals surface area contributed by atoms with E-state index in [0.717, 1.165) is 17.9 Å². The lowest BCUT2D eigenvalue weighted by Gasteiger charge is -2.12. The highest BCUT2D eigenvalue weighted by molar-refractivity contribution is 6.35. The molecule has 0 spiro atoms. The van der Waals surface area contributed by atoms with Crippen LogP contribution in [0.15, 0.2) is 42.5 Å². The van der Waals surface area contributed by atoms with E-state index in [9.17, 15) is 0 Å². The molecule has 0 amide bonds. The average Bonchev–Trinajstić information content (AvgIpc) is 2.47. The van der Waals surface area contributed by atoms with E-state index in [1.165, 1.54) is 0 Å². The van der Waals surface area contributed by atoms with Crippen LogP contribution in [0.25, 0.3) is 0 Å². The molecule has 0 unspecified atom stereocenters. The normalized spacial score (nSPS) is 10.4. The largest absolute Gasteiger partial charge is 0.490 e. The lowest BCUT2D eigenvalue weighted by Crippen LogP contribution is -2.12. The van der Waals surface area contributed by atoms with Crippen LogP contribution in [0.2, 0.25) is 10.0 Å². The molecule has 3 nitrogen and oxygen atoms in total. The van der Waals surface area contributed by atoms with Crippen molar-refractivity contribution in [3.63, 3.8) is 0 Å². The second kappa shape index (κ2) is 8.13. The summed E-state index contributed by atoms with van der Waals surface area (Å²) in [6.45, 7) is 1.62. The molecule has 0 atom stereocenters. The van der Waals surface area contributed by atoms with Crippen molar-refractivity contribution in [2.45, 2.75) is 6.54 Å². The van der Waals surface area contributed by atoms with Gasteiger partial charge in [0.2, 0.25) is 0 Å². The van der Waals surface area contributed by atoms with Gasteiger partial charge in [-0.3, -0.25) is 0 Å². The summed E-state index contributed by atoms with van der Waals surface area (Å²) in [5.41, 5.74) is 1.12. The van der Waals surface area contributed by atoms with Crippen LogP contribution < -0.4 is 14.8 Å². The summed E-state index contributed by atoms with van der Waals surface area (Å²) >= 11 is 11.9. The lowest BCUT2D eigenvalue weighted by atomic mass is 10.2. The molecule has 2 rings (SSSR count). The van der Waals surface area contributed by atoms with Crippen LogP contribution in [-0.4, -0.2) is 20.3 Å². The molecule has 0 bridgehead atoms. The van der Waals surface area contributed by atoms with Crippen LogP contribution in [0.4, 0.5) is 0 Å². The average molecular weight is 326 g/mol. The molecule has 2 aromatic rings. The SMILES string of the molecule is CNCc1ccccc1OCCOc1ccc(Cl)cc1Cl. The molecule has 0 radical (unpaired) electrons. The second-order valence-electron chi connectivity index (χ2n) is 4.41. The Morgan fingerprint density at radius 2 is 1.67 bits per heavy atom. The zero-order chi connectivity index (χ0) is 15.1. The summed E-state index contributed by atoms with van der Waals surface area (Å²) in [7, 11) is 1.91. The van der Waals surface area contributed by atoms with Gasteiger partial charge in [-0.25, -0.2) is 0 Å². The molecule has 0 fully saturated rings. The first kappa shape index (κ1) is 16.0. The van der Waals surface area contributed by atoms with E-state index in [4.69, 9.17) is 32.7 Å². The first-order valence-corrected chi connectivity index (χ1v) is 7.39. The standard InChI is InChI=1S/C16H17Cl2NO2/c1-19-11-12-4-2-3-5-15(12)20-8-9-21-16-7-6-13(17)10-14(16)18/h2-7,10,19H,8-9,11H2,1H3. The Labute approximate surface area is 134 Å². The lowest BCUT2D eigenvalue weighted by molar-refractivity contribution is 0.216. The molecule has 5 heteroatoms. The summed E-state index contributed by atoms with van der Waals surface area (Å²) in [5.74, 6) is 1.46. The number of para-hydroxylation sites is 1. The monoisotopic (exact) mass is 325 g/mol. The molecule has 21 heavy (non-hydrogen) atoms. The maximum atomic E-state index is 6.03. The van der Waals surface area contributed by atoms with Gasteiger partial charge in [0.05, 0.1) is 5.02 Å². The van der Waals surface area contributed by atoms with Crippen molar-refractivity contribution in [2.75, 3.05) is 20.3 Å². The predicted molar refractivity (Wildman–Crippen MR) is 86.7 cm³/mol. The molecule has 1 N–H and O–H groups in total. The number of hydrogen-bond donors (Lipinski definition) is 1. The Balaban J connectivity index is 1.84. The van der Waals surface area contributed by atoms with Crippen molar-refractivity contribution in [3.8, 4) is 11.5 Å². The zero-order valence-electron chi connectivity index (χ0n) is 11.7. The zero-order valence-corrected chi connectivity index (χ0v) is 13.2. The van der Waals surface area contributed by atoms with E-state index >= 15 is 0 Å². The van der Waals surface area contributed by atoms with E-state index in [0.29, 0.717) is 29.0 Å². The van der Waals surface area contributed by atoms with Crippen molar-refractivity contribution in [3.05, 3.63) is 58.1 Å². The van der Waals surface area contributed by atoms with Gasteiger partial charge in [-0.1, -0.05) is 41.4 Å². The molecule has 0 aliphatic heterocycles. The molecule has 112 valence electrons. The summed E-state index contributed by atoms with van der Waals surface area (Å²) in [6, 6.07) is 13.1. The molecular formula is C16H17Cl2NO2. The van der Waals surface area contributed by atoms with E-state index in [2.05, 4.69) is 5.32 Å². The Bertz CT molecular complexity index is 590. The van der Waals surface area contributed by atoms with Crippen molar-refractivity contribution >= 4 is 23.2 Å². The summed E-state index contributed by atoms with van der Waals surface area (Å²) < 4.78 is 11.3. The Kier molecular flexibility index (Phi) is 6.18. The fraction of sp³-hybridized carbons (Fsp3) is 0.250. The van der Waals surface area contributed by atoms with Gasteiger partial charge in [0.15, 0.2) is 0 Å². The first-order chi connectivity index (χ1) is 10.2. The number of hydrogen-bond acceptors (Lipinski definition) is 3. The number of ether oxygens (including phenoxy) is 2. The minimum absolute atomic E-state index is 0.412. The summed E-state index contributed by atoms with van der Waals surface area (Å²) in [6.07, 6.45) is 0. The highest BCUT2D eigenvalue weighted by atomic mass is 35.5. The van der Waals surface area contributed by atoms with Crippen LogP contribution in [-0.2, 0) is 6.54 Å². The third-order valence-corrected chi connectivity index (χ3v) is 3.36. The number of rotatable bonds is 7. The highest BCUT2D eigenvalue weighted by Crippen LogP contribution is 2.27. The molecule has 0 aliphatic rings. The highest BCUT2D eigenvalue weighted by Gasteiger charge is 2.04. The maximum Gasteiger partial charge on any atom is 0.138 e. The fourth-order valence-corrected chi connectivity index (χ4v) is 2.34. The molecule has 0 saturated heterocycles. The molecular weight excluding hydrogens is 309 g/mol. The van der Waals surface area contributed by atoms with Crippen LogP contribution in [0.5, 0.6) is 11.5 Å². The van der Waals surface area contributed by atoms with Crippen LogP contribution in [0, 0.1) is 0 Å². The van der Waals surface area contributed by atoms with Gasteiger partial charge >= 0.3 is 0 Å². The molecule has 0 heterocycles. The first-order valence-electron chi connectivity index (χ1n) is 6.64. The van der Waals surface area contributed by atoms with E-state index in [-0.39, 0.29) is 0 Å². The number of nitrogens with one attached hydrogen (secondary N) is 1. The van der Waals surface area contributed by atoms with Gasteiger partial charge in [0.1, 0.15) is 24.7 Å². The number of benzene rings is 2. The van der Waals surface area contributed by atoms with Crippen molar-refractivity contribution in [2.24, 2.45) is 0 Å². The van der Waals surface area contributed by atoms with Crippen molar-refractivity contribution in [1.29, 1.82) is 0 Å². The Morgan fingerprint density at radius 3 is 2.38 bits per heavy atom. The van der Waals surface area contributed by atoms with E-state index < -0.39 is 0 Å². The van der Waals surface area contributed by atoms with Gasteiger partial charge in [-0.15, -0.1) is 0 Å². The van der Waals surface area contributed by atoms with E-state index in [1.807, 2.05) is 31.3 Å². The van der Waals surface area contributed by atoms with E-state index in [1.54, 1.807) is 18.2 Å². The van der Waals surface area contributed by atoms with Crippen molar-refractivity contribution in [1.82, 2.24) is 5.32 Å². The summed E-state index contributed by atoms with van der Waals surface area (Å²) in [4.78, 5) is 0. The molecule has 0 saturated carbocycles. The second-order valence-corrected chi connectivity index (χ2v) is 5.25. The maximum absolute atomic E-state index is 6.03. The third kappa shape index (κ3) is 4.81. The van der Waals surface area contributed by atoms with Crippen LogP contribution >= 0.6 is 23.2 Å². The Hall–Kier alpha value is -1.42. The Morgan fingerprint density at radius 1 is 0.952 bits per heavy atom. The minimum atomic E-state index is 0.412. The van der Waals surface area contributed by atoms with Gasteiger partial charge in [-0.05, 0) is 31.3 Å². The van der Waals surface area contributed by atoms with Crippen LogP contribution in [0.1, 0.15) is 5.56 Å². The minimum Gasteiger partial charge on any atom is -0.490 e. The third-order valence-electron chi connectivity index (χ3n) is 2.83.